The summed E-state index contributed by atoms with van der Waals surface area (Å²) in [5.74, 6) is 0.435. The number of hydrogen-bond acceptors (Lipinski definition) is 1. The van der Waals surface area contributed by atoms with Crippen molar-refractivity contribution in [3.05, 3.63) is 64.2 Å². The highest BCUT2D eigenvalue weighted by atomic mass is 32.1. The van der Waals surface area contributed by atoms with Crippen molar-refractivity contribution in [3.8, 4) is 0 Å². The van der Waals surface area contributed by atoms with Crippen molar-refractivity contribution in [2.75, 3.05) is 5.32 Å². The number of anilines is 1. The number of rotatable bonds is 4. The number of hydrogen-bond donors (Lipinski definition) is 2. The van der Waals surface area contributed by atoms with Gasteiger partial charge in [-0.1, -0.05) is 49.7 Å². The monoisotopic (exact) mass is 340 g/mol. The Morgan fingerprint density at radius 3 is 2.12 bits per heavy atom. The zero-order valence-electron chi connectivity index (χ0n) is 15.5. The molecule has 2 nitrogen and oxygen atoms in total. The molecule has 0 radical (unpaired) electrons. The van der Waals surface area contributed by atoms with Crippen LogP contribution in [0.5, 0.6) is 0 Å². The van der Waals surface area contributed by atoms with Crippen molar-refractivity contribution >= 4 is 23.0 Å². The Morgan fingerprint density at radius 2 is 1.50 bits per heavy atom. The molecular formula is C21H28N2S. The molecule has 0 fully saturated rings. The Labute approximate surface area is 151 Å². The Kier molecular flexibility index (Phi) is 6.00. The van der Waals surface area contributed by atoms with E-state index in [2.05, 4.69) is 88.6 Å². The maximum absolute atomic E-state index is 5.58. The highest BCUT2D eigenvalue weighted by Gasteiger charge is 2.19. The van der Waals surface area contributed by atoms with E-state index in [4.69, 9.17) is 12.2 Å². The molecule has 2 aromatic rings. The first-order valence-electron chi connectivity index (χ1n) is 8.50. The maximum Gasteiger partial charge on any atom is 0.171 e. The van der Waals surface area contributed by atoms with Gasteiger partial charge in [0.25, 0.3) is 0 Å². The van der Waals surface area contributed by atoms with E-state index >= 15 is 0 Å². The van der Waals surface area contributed by atoms with E-state index in [1.54, 1.807) is 0 Å². The minimum absolute atomic E-state index is 0.190. The van der Waals surface area contributed by atoms with Crippen LogP contribution in [-0.4, -0.2) is 5.11 Å². The first kappa shape index (κ1) is 18.5. The van der Waals surface area contributed by atoms with E-state index in [0.29, 0.717) is 11.0 Å². The van der Waals surface area contributed by atoms with Crippen molar-refractivity contribution in [2.45, 2.75) is 47.6 Å². The molecule has 2 rings (SSSR count). The van der Waals surface area contributed by atoms with E-state index < -0.39 is 0 Å². The molecule has 0 saturated carbocycles. The summed E-state index contributed by atoms with van der Waals surface area (Å²) in [6.07, 6.45) is 0. The summed E-state index contributed by atoms with van der Waals surface area (Å²) >= 11 is 5.58. The third kappa shape index (κ3) is 4.57. The van der Waals surface area contributed by atoms with Gasteiger partial charge in [0.1, 0.15) is 0 Å². The molecule has 1 atom stereocenters. The van der Waals surface area contributed by atoms with Gasteiger partial charge in [0, 0.05) is 5.69 Å². The summed E-state index contributed by atoms with van der Waals surface area (Å²) in [4.78, 5) is 0. The van der Waals surface area contributed by atoms with Gasteiger partial charge in [0.15, 0.2) is 5.11 Å². The third-order valence-corrected chi connectivity index (χ3v) is 4.57. The summed E-state index contributed by atoms with van der Waals surface area (Å²) in [5, 5.41) is 7.53. The summed E-state index contributed by atoms with van der Waals surface area (Å²) in [6.45, 7) is 12.9. The van der Waals surface area contributed by atoms with Crippen molar-refractivity contribution in [1.29, 1.82) is 0 Å². The van der Waals surface area contributed by atoms with Crippen molar-refractivity contribution in [3.63, 3.8) is 0 Å². The van der Waals surface area contributed by atoms with Gasteiger partial charge >= 0.3 is 0 Å². The van der Waals surface area contributed by atoms with E-state index in [1.165, 1.54) is 27.8 Å². The van der Waals surface area contributed by atoms with Gasteiger partial charge in [-0.15, -0.1) is 0 Å². The molecule has 24 heavy (non-hydrogen) atoms. The number of nitrogens with one attached hydrogen (secondary N) is 2. The van der Waals surface area contributed by atoms with E-state index in [-0.39, 0.29) is 6.04 Å². The predicted molar refractivity (Wildman–Crippen MR) is 109 cm³/mol. The topological polar surface area (TPSA) is 24.1 Å². The predicted octanol–water partition coefficient (Wildman–Crippen LogP) is 5.60. The first-order chi connectivity index (χ1) is 11.3. The van der Waals surface area contributed by atoms with Crippen LogP contribution in [0, 0.1) is 33.6 Å². The molecule has 2 N–H and O–H groups in total. The molecule has 0 aliphatic heterocycles. The molecule has 128 valence electrons. The fourth-order valence-electron chi connectivity index (χ4n) is 2.95. The molecule has 0 unspecified atom stereocenters. The van der Waals surface area contributed by atoms with Crippen molar-refractivity contribution in [2.24, 2.45) is 5.92 Å². The Hall–Kier alpha value is -1.87. The summed E-state index contributed by atoms with van der Waals surface area (Å²) in [5.41, 5.74) is 7.37. The van der Waals surface area contributed by atoms with Crippen LogP contribution in [0.3, 0.4) is 0 Å². The number of aryl methyl sites for hydroxylation is 4. The van der Waals surface area contributed by atoms with Crippen LogP contribution < -0.4 is 10.6 Å². The summed E-state index contributed by atoms with van der Waals surface area (Å²) < 4.78 is 0. The number of benzene rings is 2. The van der Waals surface area contributed by atoms with Gasteiger partial charge < -0.3 is 10.6 Å². The Balaban J connectivity index is 2.18. The van der Waals surface area contributed by atoms with Gasteiger partial charge in [-0.2, -0.15) is 0 Å². The van der Waals surface area contributed by atoms with Gasteiger partial charge in [0.2, 0.25) is 0 Å². The fourth-order valence-corrected chi connectivity index (χ4v) is 3.19. The van der Waals surface area contributed by atoms with Crippen LogP contribution in [0.2, 0.25) is 0 Å². The summed E-state index contributed by atoms with van der Waals surface area (Å²) in [6, 6.07) is 13.2. The average Bonchev–Trinajstić information content (AvgIpc) is 2.49. The van der Waals surface area contributed by atoms with Gasteiger partial charge in [-0.05, 0) is 74.2 Å². The molecule has 3 heteroatoms. The largest absolute Gasteiger partial charge is 0.355 e. The van der Waals surface area contributed by atoms with Crippen molar-refractivity contribution < 1.29 is 0 Å². The molecule has 0 bridgehead atoms. The molecule has 2 aromatic carbocycles. The zero-order chi connectivity index (χ0) is 17.9. The van der Waals surface area contributed by atoms with Crippen LogP contribution >= 0.6 is 12.2 Å². The molecule has 0 spiro atoms. The normalized spacial score (nSPS) is 12.1. The van der Waals surface area contributed by atoms with Crippen LogP contribution in [-0.2, 0) is 0 Å². The maximum atomic E-state index is 5.58. The first-order valence-corrected chi connectivity index (χ1v) is 8.90. The molecule has 0 amide bonds. The summed E-state index contributed by atoms with van der Waals surface area (Å²) in [7, 11) is 0. The van der Waals surface area contributed by atoms with Crippen LogP contribution in [0.15, 0.2) is 36.4 Å². The highest BCUT2D eigenvalue weighted by molar-refractivity contribution is 7.80. The number of thiocarbonyl (C=S) groups is 1. The second-order valence-electron chi connectivity index (χ2n) is 7.00. The van der Waals surface area contributed by atoms with Crippen molar-refractivity contribution in [1.82, 2.24) is 5.32 Å². The second kappa shape index (κ2) is 7.80. The highest BCUT2D eigenvalue weighted by Crippen LogP contribution is 2.26. The van der Waals surface area contributed by atoms with Gasteiger partial charge in [-0.25, -0.2) is 0 Å². The lowest BCUT2D eigenvalue weighted by atomic mass is 9.92. The SMILES string of the molecule is Cc1ccc([C@@H](NC(=S)Nc2cc(C)ccc2C)C(C)C)c(C)c1. The molecule has 0 aliphatic rings. The van der Waals surface area contributed by atoms with E-state index in [9.17, 15) is 0 Å². The smallest absolute Gasteiger partial charge is 0.171 e. The zero-order valence-corrected chi connectivity index (χ0v) is 16.3. The lowest BCUT2D eigenvalue weighted by molar-refractivity contribution is 0.471. The molecule has 0 aromatic heterocycles. The Morgan fingerprint density at radius 1 is 0.875 bits per heavy atom. The minimum Gasteiger partial charge on any atom is -0.355 e. The Bertz CT molecular complexity index is 735. The third-order valence-electron chi connectivity index (χ3n) is 4.35. The standard InChI is InChI=1S/C21H28N2S/c1-13(2)20(18-10-8-14(3)11-17(18)6)23-21(24)22-19-12-15(4)7-9-16(19)5/h7-13,20H,1-6H3,(H2,22,23,24)/t20-/m0/s1. The van der Waals surface area contributed by atoms with Crippen LogP contribution in [0.4, 0.5) is 5.69 Å². The molecular weight excluding hydrogens is 312 g/mol. The van der Waals surface area contributed by atoms with E-state index in [1.807, 2.05) is 0 Å². The average molecular weight is 341 g/mol. The second-order valence-corrected chi connectivity index (χ2v) is 7.41. The lowest BCUT2D eigenvalue weighted by Gasteiger charge is -2.26. The fraction of sp³-hybridized carbons (Fsp3) is 0.381. The lowest BCUT2D eigenvalue weighted by Crippen LogP contribution is -2.35. The molecule has 0 saturated heterocycles. The van der Waals surface area contributed by atoms with Gasteiger partial charge in [0.05, 0.1) is 6.04 Å². The van der Waals surface area contributed by atoms with Crippen LogP contribution in [0.25, 0.3) is 0 Å². The quantitative estimate of drug-likeness (QED) is 0.708. The van der Waals surface area contributed by atoms with Gasteiger partial charge in [-0.3, -0.25) is 0 Å². The minimum atomic E-state index is 0.190. The molecule has 0 heterocycles. The molecule has 0 aliphatic carbocycles. The van der Waals surface area contributed by atoms with Crippen LogP contribution in [0.1, 0.15) is 47.7 Å². The van der Waals surface area contributed by atoms with E-state index in [0.717, 1.165) is 5.69 Å².